The van der Waals surface area contributed by atoms with Crippen LogP contribution in [0.15, 0.2) is 30.3 Å². The van der Waals surface area contributed by atoms with E-state index in [1.807, 2.05) is 6.07 Å². The molecule has 0 aromatic heterocycles. The van der Waals surface area contributed by atoms with Crippen LogP contribution in [-0.2, 0) is 6.42 Å². The minimum absolute atomic E-state index is 0.204. The Labute approximate surface area is 103 Å². The number of nitrogens with one attached hydrogen (secondary N) is 1. The van der Waals surface area contributed by atoms with Gasteiger partial charge in [-0.05, 0) is 38.3 Å². The molecule has 0 radical (unpaired) electrons. The molecule has 0 fully saturated rings. The van der Waals surface area contributed by atoms with Crippen LogP contribution in [0.3, 0.4) is 0 Å². The van der Waals surface area contributed by atoms with Crippen molar-refractivity contribution >= 4 is 0 Å². The van der Waals surface area contributed by atoms with Crippen LogP contribution in [0.1, 0.15) is 25.3 Å². The number of aliphatic hydroxyl groups is 2. The van der Waals surface area contributed by atoms with Gasteiger partial charge in [-0.25, -0.2) is 0 Å². The first kappa shape index (κ1) is 14.2. The Morgan fingerprint density at radius 3 is 2.53 bits per heavy atom. The lowest BCUT2D eigenvalue weighted by molar-refractivity contribution is 0.00287. The van der Waals surface area contributed by atoms with E-state index in [9.17, 15) is 5.11 Å². The lowest BCUT2D eigenvalue weighted by Crippen LogP contribution is -2.41. The summed E-state index contributed by atoms with van der Waals surface area (Å²) in [6, 6.07) is 10.4. The molecule has 0 saturated carbocycles. The van der Waals surface area contributed by atoms with E-state index in [0.29, 0.717) is 6.54 Å². The van der Waals surface area contributed by atoms with Crippen molar-refractivity contribution in [1.82, 2.24) is 5.32 Å². The molecule has 1 rings (SSSR count). The number of aryl methyl sites for hydroxylation is 1. The average Bonchev–Trinajstić information content (AvgIpc) is 2.35. The molecule has 1 aromatic rings. The Kier molecular flexibility index (Phi) is 6.19. The zero-order valence-corrected chi connectivity index (χ0v) is 10.5. The molecule has 1 atom stereocenters. The summed E-state index contributed by atoms with van der Waals surface area (Å²) in [4.78, 5) is 0. The summed E-state index contributed by atoms with van der Waals surface area (Å²) < 4.78 is 0. The number of benzene rings is 1. The fraction of sp³-hybridized carbons (Fsp3) is 0.571. The Bertz CT molecular complexity index is 298. The van der Waals surface area contributed by atoms with Gasteiger partial charge in [0, 0.05) is 6.54 Å². The minimum Gasteiger partial charge on any atom is -0.393 e. The fourth-order valence-electron chi connectivity index (χ4n) is 1.64. The average molecular weight is 237 g/mol. The molecular formula is C14H23NO2. The Morgan fingerprint density at radius 1 is 1.18 bits per heavy atom. The fourth-order valence-corrected chi connectivity index (χ4v) is 1.64. The molecule has 17 heavy (non-hydrogen) atoms. The highest BCUT2D eigenvalue weighted by atomic mass is 16.3. The van der Waals surface area contributed by atoms with E-state index in [4.69, 9.17) is 5.11 Å². The molecule has 1 aromatic carbocycles. The third kappa shape index (κ3) is 6.41. The van der Waals surface area contributed by atoms with Crippen LogP contribution in [0.4, 0.5) is 0 Å². The maximum Gasteiger partial charge on any atom is 0.0972 e. The van der Waals surface area contributed by atoms with Crippen LogP contribution in [-0.4, -0.2) is 35.5 Å². The van der Waals surface area contributed by atoms with Crippen LogP contribution in [0.5, 0.6) is 0 Å². The van der Waals surface area contributed by atoms with Gasteiger partial charge in [0.2, 0.25) is 0 Å². The van der Waals surface area contributed by atoms with Gasteiger partial charge >= 0.3 is 0 Å². The van der Waals surface area contributed by atoms with Gasteiger partial charge in [-0.3, -0.25) is 0 Å². The SMILES string of the molecule is CC(O)(CO)CNCCCCc1ccccc1. The Balaban J connectivity index is 2.02. The first-order chi connectivity index (χ1) is 8.14. The van der Waals surface area contributed by atoms with E-state index in [0.717, 1.165) is 25.8 Å². The molecule has 96 valence electrons. The normalized spacial score (nSPS) is 14.5. The monoisotopic (exact) mass is 237 g/mol. The predicted molar refractivity (Wildman–Crippen MR) is 70.0 cm³/mol. The minimum atomic E-state index is -1.00. The van der Waals surface area contributed by atoms with Crippen molar-refractivity contribution in [3.05, 3.63) is 35.9 Å². The molecule has 3 heteroatoms. The number of hydrogen-bond acceptors (Lipinski definition) is 3. The molecule has 0 aliphatic carbocycles. The highest BCUT2D eigenvalue weighted by molar-refractivity contribution is 5.14. The van der Waals surface area contributed by atoms with E-state index in [-0.39, 0.29) is 6.61 Å². The highest BCUT2D eigenvalue weighted by Crippen LogP contribution is 2.04. The lowest BCUT2D eigenvalue weighted by Gasteiger charge is -2.20. The zero-order chi connectivity index (χ0) is 12.6. The molecule has 0 aliphatic rings. The zero-order valence-electron chi connectivity index (χ0n) is 10.5. The van der Waals surface area contributed by atoms with Crippen molar-refractivity contribution in [2.45, 2.75) is 31.8 Å². The molecule has 0 amide bonds. The molecule has 3 nitrogen and oxygen atoms in total. The number of hydrogen-bond donors (Lipinski definition) is 3. The summed E-state index contributed by atoms with van der Waals surface area (Å²) in [5.74, 6) is 0. The van der Waals surface area contributed by atoms with E-state index in [1.54, 1.807) is 6.92 Å². The van der Waals surface area contributed by atoms with Crippen molar-refractivity contribution in [3.63, 3.8) is 0 Å². The van der Waals surface area contributed by atoms with Gasteiger partial charge < -0.3 is 15.5 Å². The van der Waals surface area contributed by atoms with Crippen LogP contribution >= 0.6 is 0 Å². The van der Waals surface area contributed by atoms with E-state index in [1.165, 1.54) is 5.56 Å². The highest BCUT2D eigenvalue weighted by Gasteiger charge is 2.17. The van der Waals surface area contributed by atoms with Gasteiger partial charge in [0.25, 0.3) is 0 Å². The van der Waals surface area contributed by atoms with Crippen LogP contribution in [0, 0.1) is 0 Å². The van der Waals surface area contributed by atoms with Crippen molar-refractivity contribution < 1.29 is 10.2 Å². The maximum atomic E-state index is 9.55. The van der Waals surface area contributed by atoms with Crippen molar-refractivity contribution in [2.75, 3.05) is 19.7 Å². The molecule has 0 aliphatic heterocycles. The maximum absolute atomic E-state index is 9.55. The summed E-state index contributed by atoms with van der Waals surface area (Å²) in [6.45, 7) is 2.74. The summed E-state index contributed by atoms with van der Waals surface area (Å²) in [7, 11) is 0. The lowest BCUT2D eigenvalue weighted by atomic mass is 10.1. The van der Waals surface area contributed by atoms with E-state index < -0.39 is 5.60 Å². The van der Waals surface area contributed by atoms with Gasteiger partial charge in [0.15, 0.2) is 0 Å². The third-order valence-corrected chi connectivity index (χ3v) is 2.76. The molecule has 0 spiro atoms. The standard InChI is InChI=1S/C14H23NO2/c1-14(17,12-16)11-15-10-6-5-9-13-7-3-2-4-8-13/h2-4,7-8,15-17H,5-6,9-12H2,1H3. The van der Waals surface area contributed by atoms with Crippen molar-refractivity contribution in [3.8, 4) is 0 Å². The number of unbranched alkanes of at least 4 members (excludes halogenated alkanes) is 1. The van der Waals surface area contributed by atoms with Gasteiger partial charge in [0.1, 0.15) is 0 Å². The molecule has 1 unspecified atom stereocenters. The van der Waals surface area contributed by atoms with Crippen LogP contribution in [0.2, 0.25) is 0 Å². The van der Waals surface area contributed by atoms with E-state index >= 15 is 0 Å². The summed E-state index contributed by atoms with van der Waals surface area (Å²) in [5, 5.41) is 21.6. The molecule has 0 saturated heterocycles. The van der Waals surface area contributed by atoms with Gasteiger partial charge in [-0.15, -0.1) is 0 Å². The number of rotatable bonds is 8. The quantitative estimate of drug-likeness (QED) is 0.598. The second-order valence-electron chi connectivity index (χ2n) is 4.77. The summed E-state index contributed by atoms with van der Waals surface area (Å²) in [5.41, 5.74) is 0.370. The van der Waals surface area contributed by atoms with Gasteiger partial charge in [-0.2, -0.15) is 0 Å². The molecule has 0 heterocycles. The van der Waals surface area contributed by atoms with Crippen molar-refractivity contribution in [2.24, 2.45) is 0 Å². The van der Waals surface area contributed by atoms with Crippen LogP contribution in [0.25, 0.3) is 0 Å². The smallest absolute Gasteiger partial charge is 0.0972 e. The van der Waals surface area contributed by atoms with E-state index in [2.05, 4.69) is 29.6 Å². The molecule has 3 N–H and O–H groups in total. The summed E-state index contributed by atoms with van der Waals surface area (Å²) >= 11 is 0. The summed E-state index contributed by atoms with van der Waals surface area (Å²) in [6.07, 6.45) is 3.31. The third-order valence-electron chi connectivity index (χ3n) is 2.76. The van der Waals surface area contributed by atoms with Gasteiger partial charge in [-0.1, -0.05) is 30.3 Å². The first-order valence-corrected chi connectivity index (χ1v) is 6.22. The second-order valence-corrected chi connectivity index (χ2v) is 4.77. The predicted octanol–water partition coefficient (Wildman–Crippen LogP) is 1.34. The van der Waals surface area contributed by atoms with Gasteiger partial charge in [0.05, 0.1) is 12.2 Å². The van der Waals surface area contributed by atoms with Crippen molar-refractivity contribution in [1.29, 1.82) is 0 Å². The van der Waals surface area contributed by atoms with Crippen LogP contribution < -0.4 is 5.32 Å². The molecule has 0 bridgehead atoms. The Morgan fingerprint density at radius 2 is 1.88 bits per heavy atom. The first-order valence-electron chi connectivity index (χ1n) is 6.22. The second kappa shape index (κ2) is 7.43. The Hall–Kier alpha value is -0.900. The largest absolute Gasteiger partial charge is 0.393 e. The number of aliphatic hydroxyl groups excluding tert-OH is 1. The topological polar surface area (TPSA) is 52.5 Å². The molecular weight excluding hydrogens is 214 g/mol.